The van der Waals surface area contributed by atoms with Crippen LogP contribution in [0.25, 0.3) is 0 Å². The van der Waals surface area contributed by atoms with Crippen LogP contribution in [0.15, 0.2) is 24.3 Å². The predicted molar refractivity (Wildman–Crippen MR) is 73.9 cm³/mol. The minimum Gasteiger partial charge on any atom is -0.484 e. The number of piperidine rings is 1. The summed E-state index contributed by atoms with van der Waals surface area (Å²) in [6.45, 7) is 2.84. The summed E-state index contributed by atoms with van der Waals surface area (Å²) >= 11 is 0. The van der Waals surface area contributed by atoms with Crippen molar-refractivity contribution in [3.63, 3.8) is 0 Å². The van der Waals surface area contributed by atoms with Crippen molar-refractivity contribution in [3.8, 4) is 5.75 Å². The van der Waals surface area contributed by atoms with Gasteiger partial charge in [-0.2, -0.15) is 0 Å². The summed E-state index contributed by atoms with van der Waals surface area (Å²) in [6, 6.07) is 6.33. The van der Waals surface area contributed by atoms with Crippen LogP contribution in [0.3, 0.4) is 0 Å². The van der Waals surface area contributed by atoms with E-state index < -0.39 is 5.97 Å². The number of aromatic carboxylic acids is 1. The summed E-state index contributed by atoms with van der Waals surface area (Å²) in [5, 5.41) is 8.79. The van der Waals surface area contributed by atoms with Crippen molar-refractivity contribution >= 4 is 11.9 Å². The number of rotatable bonds is 4. The molecule has 108 valence electrons. The molecule has 0 radical (unpaired) electrons. The first-order chi connectivity index (χ1) is 9.58. The fourth-order valence-electron chi connectivity index (χ4n) is 2.39. The number of amides is 1. The summed E-state index contributed by atoms with van der Waals surface area (Å²) in [4.78, 5) is 24.6. The molecule has 1 aromatic rings. The Bertz CT molecular complexity index is 483. The average Bonchev–Trinajstić information content (AvgIpc) is 2.45. The number of nitrogens with zero attached hydrogens (tertiary/aromatic N) is 1. The van der Waals surface area contributed by atoms with Crippen LogP contribution in [0.5, 0.6) is 5.75 Å². The third-order valence-corrected chi connectivity index (χ3v) is 3.59. The molecule has 0 saturated carbocycles. The third-order valence-electron chi connectivity index (χ3n) is 3.59. The maximum atomic E-state index is 12.1. The second kappa shape index (κ2) is 6.41. The molecule has 1 aromatic carbocycles. The van der Waals surface area contributed by atoms with Crippen molar-refractivity contribution in [1.82, 2.24) is 4.90 Å². The number of likely N-dealkylation sites (tertiary alicyclic amines) is 1. The molecule has 1 aliphatic heterocycles. The third kappa shape index (κ3) is 3.50. The van der Waals surface area contributed by atoms with Gasteiger partial charge < -0.3 is 14.7 Å². The molecule has 0 aromatic heterocycles. The zero-order valence-corrected chi connectivity index (χ0v) is 11.5. The number of carbonyl (C=O) groups excluding carboxylic acids is 1. The number of carbonyl (C=O) groups is 2. The molecule has 1 atom stereocenters. The molecule has 5 heteroatoms. The van der Waals surface area contributed by atoms with Gasteiger partial charge in [-0.15, -0.1) is 0 Å². The molecule has 0 bridgehead atoms. The van der Waals surface area contributed by atoms with Crippen LogP contribution in [0.4, 0.5) is 0 Å². The Morgan fingerprint density at radius 2 is 2.00 bits per heavy atom. The van der Waals surface area contributed by atoms with Gasteiger partial charge in [0.05, 0.1) is 5.56 Å². The predicted octanol–water partition coefficient (Wildman–Crippen LogP) is 2.16. The highest BCUT2D eigenvalue weighted by Gasteiger charge is 2.23. The molecule has 2 rings (SSSR count). The SMILES string of the molecule is CC1CCCCN1C(=O)COc1ccc(C(=O)O)cc1. The zero-order valence-electron chi connectivity index (χ0n) is 11.5. The van der Waals surface area contributed by atoms with E-state index in [-0.39, 0.29) is 24.1 Å². The highest BCUT2D eigenvalue weighted by molar-refractivity contribution is 5.87. The summed E-state index contributed by atoms with van der Waals surface area (Å²) in [6.07, 6.45) is 3.25. The zero-order chi connectivity index (χ0) is 14.5. The molecule has 1 unspecified atom stereocenters. The Kier molecular flexibility index (Phi) is 4.61. The number of benzene rings is 1. The minimum atomic E-state index is -0.977. The summed E-state index contributed by atoms with van der Waals surface area (Å²) < 4.78 is 5.42. The van der Waals surface area contributed by atoms with Crippen molar-refractivity contribution in [3.05, 3.63) is 29.8 Å². The Morgan fingerprint density at radius 3 is 2.60 bits per heavy atom. The van der Waals surface area contributed by atoms with Gasteiger partial charge >= 0.3 is 5.97 Å². The smallest absolute Gasteiger partial charge is 0.335 e. The molecule has 1 saturated heterocycles. The minimum absolute atomic E-state index is 0.00322. The van der Waals surface area contributed by atoms with Crippen LogP contribution < -0.4 is 4.74 Å². The van der Waals surface area contributed by atoms with E-state index in [1.54, 1.807) is 12.1 Å². The first kappa shape index (κ1) is 14.4. The lowest BCUT2D eigenvalue weighted by molar-refractivity contribution is -0.136. The summed E-state index contributed by atoms with van der Waals surface area (Å²) in [7, 11) is 0. The fraction of sp³-hybridized carbons (Fsp3) is 0.467. The van der Waals surface area contributed by atoms with Gasteiger partial charge in [-0.25, -0.2) is 4.79 Å². The van der Waals surface area contributed by atoms with Crippen LogP contribution in [0.2, 0.25) is 0 Å². The van der Waals surface area contributed by atoms with Crippen molar-refractivity contribution < 1.29 is 19.4 Å². The second-order valence-corrected chi connectivity index (χ2v) is 5.05. The molecule has 1 N–H and O–H groups in total. The van der Waals surface area contributed by atoms with Crippen molar-refractivity contribution in [1.29, 1.82) is 0 Å². The lowest BCUT2D eigenvalue weighted by atomic mass is 10.0. The van der Waals surface area contributed by atoms with E-state index in [0.29, 0.717) is 5.75 Å². The Labute approximate surface area is 118 Å². The van der Waals surface area contributed by atoms with E-state index in [1.807, 2.05) is 4.90 Å². The Morgan fingerprint density at radius 1 is 1.30 bits per heavy atom. The maximum absolute atomic E-state index is 12.1. The van der Waals surface area contributed by atoms with Gasteiger partial charge in [0.25, 0.3) is 5.91 Å². The molecule has 1 heterocycles. The van der Waals surface area contributed by atoms with Crippen LogP contribution in [0.1, 0.15) is 36.5 Å². The monoisotopic (exact) mass is 277 g/mol. The van der Waals surface area contributed by atoms with Gasteiger partial charge in [-0.3, -0.25) is 4.79 Å². The highest BCUT2D eigenvalue weighted by Crippen LogP contribution is 2.17. The van der Waals surface area contributed by atoms with Crippen molar-refractivity contribution in [2.24, 2.45) is 0 Å². The van der Waals surface area contributed by atoms with E-state index in [4.69, 9.17) is 9.84 Å². The van der Waals surface area contributed by atoms with Gasteiger partial charge in [0.15, 0.2) is 6.61 Å². The van der Waals surface area contributed by atoms with E-state index in [1.165, 1.54) is 18.6 Å². The topological polar surface area (TPSA) is 66.8 Å². The Hall–Kier alpha value is -2.04. The van der Waals surface area contributed by atoms with Gasteiger partial charge in [0.1, 0.15) is 5.75 Å². The summed E-state index contributed by atoms with van der Waals surface area (Å²) in [5.41, 5.74) is 0.202. The first-order valence-corrected chi connectivity index (χ1v) is 6.83. The van der Waals surface area contributed by atoms with E-state index >= 15 is 0 Å². The number of carboxylic acid groups (broad SMARTS) is 1. The molecular formula is C15H19NO4. The quantitative estimate of drug-likeness (QED) is 0.916. The number of carboxylic acids is 1. The fourth-order valence-corrected chi connectivity index (χ4v) is 2.39. The maximum Gasteiger partial charge on any atom is 0.335 e. The molecule has 0 aliphatic carbocycles. The van der Waals surface area contributed by atoms with E-state index in [0.717, 1.165) is 19.4 Å². The molecule has 1 aliphatic rings. The number of ether oxygens (including phenoxy) is 1. The van der Waals surface area contributed by atoms with Crippen molar-refractivity contribution in [2.75, 3.05) is 13.2 Å². The van der Waals surface area contributed by atoms with Gasteiger partial charge in [-0.05, 0) is 50.5 Å². The molecule has 1 fully saturated rings. The standard InChI is InChI=1S/C15H19NO4/c1-11-4-2-3-9-16(11)14(17)10-20-13-7-5-12(6-8-13)15(18)19/h5-8,11H,2-4,9-10H2,1H3,(H,18,19). The van der Waals surface area contributed by atoms with E-state index in [2.05, 4.69) is 6.92 Å². The molecule has 20 heavy (non-hydrogen) atoms. The molecule has 1 amide bonds. The number of hydrogen-bond acceptors (Lipinski definition) is 3. The van der Waals surface area contributed by atoms with Gasteiger partial charge in [0.2, 0.25) is 0 Å². The largest absolute Gasteiger partial charge is 0.484 e. The van der Waals surface area contributed by atoms with Crippen LogP contribution >= 0.6 is 0 Å². The first-order valence-electron chi connectivity index (χ1n) is 6.83. The Balaban J connectivity index is 1.88. The lowest BCUT2D eigenvalue weighted by Gasteiger charge is -2.33. The van der Waals surface area contributed by atoms with Crippen LogP contribution in [-0.2, 0) is 4.79 Å². The van der Waals surface area contributed by atoms with Gasteiger partial charge in [0, 0.05) is 12.6 Å². The van der Waals surface area contributed by atoms with Crippen LogP contribution in [-0.4, -0.2) is 41.1 Å². The van der Waals surface area contributed by atoms with Gasteiger partial charge in [-0.1, -0.05) is 0 Å². The van der Waals surface area contributed by atoms with E-state index in [9.17, 15) is 9.59 Å². The second-order valence-electron chi connectivity index (χ2n) is 5.05. The average molecular weight is 277 g/mol. The highest BCUT2D eigenvalue weighted by atomic mass is 16.5. The molecule has 5 nitrogen and oxygen atoms in total. The summed E-state index contributed by atoms with van der Waals surface area (Å²) in [5.74, 6) is -0.484. The van der Waals surface area contributed by atoms with Crippen molar-refractivity contribution in [2.45, 2.75) is 32.2 Å². The van der Waals surface area contributed by atoms with Crippen LogP contribution in [0, 0.1) is 0 Å². The molecule has 0 spiro atoms. The molecular weight excluding hydrogens is 258 g/mol. The normalized spacial score (nSPS) is 18.6. The number of hydrogen-bond donors (Lipinski definition) is 1. The lowest BCUT2D eigenvalue weighted by Crippen LogP contribution is -2.44.